The van der Waals surface area contributed by atoms with Crippen molar-refractivity contribution in [1.82, 2.24) is 5.32 Å². The molecule has 1 aliphatic rings. The maximum atomic E-state index is 11.1. The van der Waals surface area contributed by atoms with Crippen molar-refractivity contribution in [2.45, 2.75) is 13.3 Å². The largest absolute Gasteiger partial charge is 0.497 e. The molecule has 1 N–H and O–H groups in total. The topological polar surface area (TPSA) is 47.6 Å². The first-order chi connectivity index (χ1) is 10.2. The van der Waals surface area contributed by atoms with E-state index in [4.69, 9.17) is 9.47 Å². The molecule has 4 heteroatoms. The third-order valence-corrected chi connectivity index (χ3v) is 3.90. The molecule has 0 saturated carbocycles. The van der Waals surface area contributed by atoms with Gasteiger partial charge in [-0.15, -0.1) is 0 Å². The Morgan fingerprint density at radius 1 is 1.38 bits per heavy atom. The van der Waals surface area contributed by atoms with Crippen molar-refractivity contribution < 1.29 is 14.3 Å². The molecule has 0 unspecified atom stereocenters. The first-order valence-corrected chi connectivity index (χ1v) is 7.14. The molecule has 0 aromatic heterocycles. The monoisotopic (exact) mass is 285 g/mol. The van der Waals surface area contributed by atoms with Crippen molar-refractivity contribution >= 4 is 16.7 Å². The molecule has 0 radical (unpaired) electrons. The van der Waals surface area contributed by atoms with E-state index in [1.165, 1.54) is 23.3 Å². The van der Waals surface area contributed by atoms with Crippen LogP contribution in [0.25, 0.3) is 10.8 Å². The van der Waals surface area contributed by atoms with Crippen LogP contribution in [-0.4, -0.2) is 26.2 Å². The molecule has 4 nitrogen and oxygen atoms in total. The Morgan fingerprint density at radius 3 is 2.95 bits per heavy atom. The summed E-state index contributed by atoms with van der Waals surface area (Å²) in [5.41, 5.74) is 1.20. The van der Waals surface area contributed by atoms with Gasteiger partial charge in [-0.25, -0.2) is 0 Å². The highest BCUT2D eigenvalue weighted by atomic mass is 16.5. The summed E-state index contributed by atoms with van der Waals surface area (Å²) in [5, 5.41) is 5.22. The van der Waals surface area contributed by atoms with Gasteiger partial charge >= 0.3 is 0 Å². The van der Waals surface area contributed by atoms with Gasteiger partial charge in [-0.05, 0) is 35.4 Å². The molecule has 1 atom stereocenters. The predicted octanol–water partition coefficient (Wildman–Crippen LogP) is 2.54. The number of hydrogen-bond donors (Lipinski definition) is 1. The first-order valence-electron chi connectivity index (χ1n) is 7.14. The lowest BCUT2D eigenvalue weighted by Gasteiger charge is -2.26. The zero-order valence-electron chi connectivity index (χ0n) is 12.3. The number of fused-ring (bicyclic) bond motifs is 3. The summed E-state index contributed by atoms with van der Waals surface area (Å²) in [4.78, 5) is 11.1. The van der Waals surface area contributed by atoms with Crippen molar-refractivity contribution in [3.63, 3.8) is 0 Å². The van der Waals surface area contributed by atoms with E-state index in [-0.39, 0.29) is 5.91 Å². The number of hydrogen-bond acceptors (Lipinski definition) is 3. The Labute approximate surface area is 124 Å². The molecule has 3 rings (SSSR count). The summed E-state index contributed by atoms with van der Waals surface area (Å²) in [6, 6.07) is 10.2. The molecule has 0 bridgehead atoms. The number of benzene rings is 2. The van der Waals surface area contributed by atoms with Crippen LogP contribution in [-0.2, 0) is 11.2 Å². The average Bonchev–Trinajstić information content (AvgIpc) is 2.52. The van der Waals surface area contributed by atoms with E-state index in [0.717, 1.165) is 17.9 Å². The van der Waals surface area contributed by atoms with Crippen molar-refractivity contribution in [2.75, 3.05) is 20.3 Å². The van der Waals surface area contributed by atoms with Gasteiger partial charge in [-0.1, -0.05) is 12.1 Å². The molecular formula is C17H19NO3. The second-order valence-corrected chi connectivity index (χ2v) is 5.45. The number of carbonyl (C=O) groups excluding carboxylic acids is 1. The second-order valence-electron chi connectivity index (χ2n) is 5.45. The fourth-order valence-corrected chi connectivity index (χ4v) is 2.79. The molecular weight excluding hydrogens is 266 g/mol. The highest BCUT2D eigenvalue weighted by molar-refractivity contribution is 5.89. The van der Waals surface area contributed by atoms with Gasteiger partial charge in [0.2, 0.25) is 5.91 Å². The van der Waals surface area contributed by atoms with Crippen LogP contribution in [0.3, 0.4) is 0 Å². The minimum absolute atomic E-state index is 0.000357. The quantitative estimate of drug-likeness (QED) is 0.942. The summed E-state index contributed by atoms with van der Waals surface area (Å²) in [6.45, 7) is 2.83. The Hall–Kier alpha value is -2.23. The molecule has 1 heterocycles. The molecule has 0 aliphatic carbocycles. The maximum absolute atomic E-state index is 11.1. The summed E-state index contributed by atoms with van der Waals surface area (Å²) >= 11 is 0. The smallest absolute Gasteiger partial charge is 0.216 e. The third-order valence-electron chi connectivity index (χ3n) is 3.90. The summed E-state index contributed by atoms with van der Waals surface area (Å²) in [5.74, 6) is 2.09. The third kappa shape index (κ3) is 2.79. The summed E-state index contributed by atoms with van der Waals surface area (Å²) in [7, 11) is 1.67. The first kappa shape index (κ1) is 13.7. The molecule has 1 aliphatic heterocycles. The zero-order chi connectivity index (χ0) is 14.8. The molecule has 0 saturated heterocycles. The molecule has 0 fully saturated rings. The van der Waals surface area contributed by atoms with Crippen molar-refractivity contribution in [3.05, 3.63) is 35.9 Å². The number of rotatable bonds is 3. The van der Waals surface area contributed by atoms with Crippen LogP contribution in [0.5, 0.6) is 11.5 Å². The van der Waals surface area contributed by atoms with Crippen molar-refractivity contribution in [2.24, 2.45) is 5.92 Å². The number of amides is 1. The van der Waals surface area contributed by atoms with E-state index in [1.54, 1.807) is 7.11 Å². The average molecular weight is 285 g/mol. The SMILES string of the molecule is COc1ccc2ccc3c(c2c1)C[C@@H](CNC(C)=O)CO3. The van der Waals surface area contributed by atoms with E-state index < -0.39 is 0 Å². The van der Waals surface area contributed by atoms with Crippen LogP contribution in [0, 0.1) is 5.92 Å². The van der Waals surface area contributed by atoms with E-state index in [9.17, 15) is 4.79 Å². The number of methoxy groups -OCH3 is 1. The van der Waals surface area contributed by atoms with Crippen LogP contribution in [0.15, 0.2) is 30.3 Å². The maximum Gasteiger partial charge on any atom is 0.216 e. The Bertz CT molecular complexity index is 676. The number of ether oxygens (including phenoxy) is 2. The lowest BCUT2D eigenvalue weighted by molar-refractivity contribution is -0.119. The fraction of sp³-hybridized carbons (Fsp3) is 0.353. The fourth-order valence-electron chi connectivity index (χ4n) is 2.79. The predicted molar refractivity (Wildman–Crippen MR) is 81.9 cm³/mol. The minimum atomic E-state index is 0.000357. The van der Waals surface area contributed by atoms with E-state index >= 15 is 0 Å². The summed E-state index contributed by atoms with van der Waals surface area (Å²) in [6.07, 6.45) is 0.903. The van der Waals surface area contributed by atoms with E-state index in [2.05, 4.69) is 23.5 Å². The summed E-state index contributed by atoms with van der Waals surface area (Å²) < 4.78 is 11.2. The van der Waals surface area contributed by atoms with E-state index in [1.807, 2.05) is 12.1 Å². The molecule has 110 valence electrons. The highest BCUT2D eigenvalue weighted by Crippen LogP contribution is 2.35. The van der Waals surface area contributed by atoms with Crippen LogP contribution in [0.1, 0.15) is 12.5 Å². The van der Waals surface area contributed by atoms with Gasteiger partial charge < -0.3 is 14.8 Å². The molecule has 21 heavy (non-hydrogen) atoms. The van der Waals surface area contributed by atoms with Gasteiger partial charge in [0.05, 0.1) is 13.7 Å². The van der Waals surface area contributed by atoms with Crippen molar-refractivity contribution in [1.29, 1.82) is 0 Å². The number of nitrogens with one attached hydrogen (secondary N) is 1. The van der Waals surface area contributed by atoms with Gasteiger partial charge in [0.1, 0.15) is 11.5 Å². The van der Waals surface area contributed by atoms with Crippen LogP contribution < -0.4 is 14.8 Å². The van der Waals surface area contributed by atoms with Crippen LogP contribution in [0.4, 0.5) is 0 Å². The van der Waals surface area contributed by atoms with Gasteiger partial charge in [-0.2, -0.15) is 0 Å². The lowest BCUT2D eigenvalue weighted by Crippen LogP contribution is -2.33. The van der Waals surface area contributed by atoms with Gasteiger partial charge in [-0.3, -0.25) is 4.79 Å². The minimum Gasteiger partial charge on any atom is -0.497 e. The normalized spacial score (nSPS) is 17.0. The molecule has 0 spiro atoms. The Morgan fingerprint density at radius 2 is 2.19 bits per heavy atom. The Kier molecular flexibility index (Phi) is 3.69. The van der Waals surface area contributed by atoms with Gasteiger partial charge in [0.25, 0.3) is 0 Å². The highest BCUT2D eigenvalue weighted by Gasteiger charge is 2.22. The lowest BCUT2D eigenvalue weighted by atomic mass is 9.92. The molecule has 2 aromatic rings. The number of carbonyl (C=O) groups is 1. The van der Waals surface area contributed by atoms with Gasteiger partial charge in [0.15, 0.2) is 0 Å². The second kappa shape index (κ2) is 5.64. The standard InChI is InChI=1S/C17H19NO3/c1-11(19)18-9-12-7-16-15-8-14(20-2)5-3-13(15)4-6-17(16)21-10-12/h3-6,8,12H,7,9-10H2,1-2H3,(H,18,19)/t12-/m0/s1. The van der Waals surface area contributed by atoms with E-state index in [0.29, 0.717) is 19.1 Å². The zero-order valence-corrected chi connectivity index (χ0v) is 12.3. The molecule has 1 amide bonds. The van der Waals surface area contributed by atoms with Gasteiger partial charge in [0, 0.05) is 24.9 Å². The Balaban J connectivity index is 1.94. The van der Waals surface area contributed by atoms with Crippen LogP contribution >= 0.6 is 0 Å². The molecule has 2 aromatic carbocycles. The van der Waals surface area contributed by atoms with Crippen LogP contribution in [0.2, 0.25) is 0 Å². The van der Waals surface area contributed by atoms with Crippen molar-refractivity contribution in [3.8, 4) is 11.5 Å².